The van der Waals surface area contributed by atoms with Crippen molar-refractivity contribution in [2.45, 2.75) is 6.42 Å². The van der Waals surface area contributed by atoms with Crippen LogP contribution < -0.4 is 0 Å². The summed E-state index contributed by atoms with van der Waals surface area (Å²) < 4.78 is 4.78. The maximum atomic E-state index is 11.5. The lowest BCUT2D eigenvalue weighted by Gasteiger charge is -2.04. The van der Waals surface area contributed by atoms with E-state index in [1.807, 2.05) is 6.07 Å². The molecule has 0 aliphatic heterocycles. The first-order chi connectivity index (χ1) is 7.29. The Morgan fingerprint density at radius 2 is 2.20 bits per heavy atom. The summed E-state index contributed by atoms with van der Waals surface area (Å²) in [5.74, 6) is 1.72. The van der Waals surface area contributed by atoms with Crippen molar-refractivity contribution in [2.24, 2.45) is 0 Å². The molecule has 0 saturated heterocycles. The molecule has 0 heterocycles. The number of benzene rings is 1. The molecule has 0 saturated carbocycles. The first-order valence-electron chi connectivity index (χ1n) is 4.35. The first kappa shape index (κ1) is 10.8. The summed E-state index contributed by atoms with van der Waals surface area (Å²) in [4.78, 5) is 11.5. The van der Waals surface area contributed by atoms with Crippen molar-refractivity contribution in [1.82, 2.24) is 0 Å². The van der Waals surface area contributed by atoms with Crippen LogP contribution in [0.15, 0.2) is 24.3 Å². The lowest BCUT2D eigenvalue weighted by Crippen LogP contribution is -2.08. The lowest BCUT2D eigenvalue weighted by atomic mass is 10.1. The topological polar surface area (TPSA) is 50.1 Å². The SMILES string of the molecule is C#CCOC(=O)c1ccccc1CC#N. The molecule has 0 amide bonds. The van der Waals surface area contributed by atoms with E-state index in [4.69, 9.17) is 16.4 Å². The van der Waals surface area contributed by atoms with Gasteiger partial charge in [0.1, 0.15) is 0 Å². The highest BCUT2D eigenvalue weighted by atomic mass is 16.5. The van der Waals surface area contributed by atoms with Gasteiger partial charge in [-0.3, -0.25) is 0 Å². The molecule has 1 aromatic carbocycles. The van der Waals surface area contributed by atoms with Crippen LogP contribution in [0.1, 0.15) is 15.9 Å². The van der Waals surface area contributed by atoms with Crippen molar-refractivity contribution < 1.29 is 9.53 Å². The zero-order valence-electron chi connectivity index (χ0n) is 8.06. The number of terminal acetylenes is 1. The van der Waals surface area contributed by atoms with Crippen LogP contribution in [0.4, 0.5) is 0 Å². The number of carbonyl (C=O) groups is 1. The molecule has 3 nitrogen and oxygen atoms in total. The second-order valence-electron chi connectivity index (χ2n) is 2.77. The zero-order valence-corrected chi connectivity index (χ0v) is 8.06. The molecule has 1 rings (SSSR count). The predicted molar refractivity (Wildman–Crippen MR) is 54.9 cm³/mol. The van der Waals surface area contributed by atoms with Gasteiger partial charge in [-0.05, 0) is 11.6 Å². The smallest absolute Gasteiger partial charge is 0.339 e. The molecule has 0 radical (unpaired) electrons. The van der Waals surface area contributed by atoms with Crippen molar-refractivity contribution in [1.29, 1.82) is 5.26 Å². The van der Waals surface area contributed by atoms with E-state index < -0.39 is 5.97 Å². The van der Waals surface area contributed by atoms with Gasteiger partial charge in [-0.1, -0.05) is 24.1 Å². The van der Waals surface area contributed by atoms with Crippen LogP contribution >= 0.6 is 0 Å². The average molecular weight is 199 g/mol. The number of hydrogen-bond acceptors (Lipinski definition) is 3. The molecule has 0 atom stereocenters. The van der Waals surface area contributed by atoms with E-state index in [1.165, 1.54) is 0 Å². The Bertz CT molecular complexity index is 438. The molecule has 0 fully saturated rings. The molecular formula is C12H9NO2. The summed E-state index contributed by atoms with van der Waals surface area (Å²) in [6, 6.07) is 8.81. The van der Waals surface area contributed by atoms with Gasteiger partial charge in [0, 0.05) is 0 Å². The fraction of sp³-hybridized carbons (Fsp3) is 0.167. The quantitative estimate of drug-likeness (QED) is 0.548. The molecule has 0 aromatic heterocycles. The fourth-order valence-corrected chi connectivity index (χ4v) is 1.14. The molecule has 0 aliphatic carbocycles. The molecule has 0 spiro atoms. The predicted octanol–water partition coefficient (Wildman–Crippen LogP) is 1.54. The van der Waals surface area contributed by atoms with Crippen LogP contribution in [0, 0.1) is 23.7 Å². The Balaban J connectivity index is 2.89. The maximum absolute atomic E-state index is 11.5. The van der Waals surface area contributed by atoms with Crippen molar-refractivity contribution in [3.05, 3.63) is 35.4 Å². The van der Waals surface area contributed by atoms with Gasteiger partial charge in [0.05, 0.1) is 18.1 Å². The lowest BCUT2D eigenvalue weighted by molar-refractivity contribution is 0.0555. The molecule has 3 heteroatoms. The van der Waals surface area contributed by atoms with E-state index in [-0.39, 0.29) is 13.0 Å². The number of nitrogens with zero attached hydrogens (tertiary/aromatic N) is 1. The van der Waals surface area contributed by atoms with Gasteiger partial charge >= 0.3 is 5.97 Å². The normalized spacial score (nSPS) is 8.67. The van der Waals surface area contributed by atoms with E-state index in [0.29, 0.717) is 11.1 Å². The van der Waals surface area contributed by atoms with Gasteiger partial charge in [0.2, 0.25) is 0 Å². The largest absolute Gasteiger partial charge is 0.449 e. The first-order valence-corrected chi connectivity index (χ1v) is 4.35. The van der Waals surface area contributed by atoms with E-state index in [1.54, 1.807) is 24.3 Å². The molecule has 1 aromatic rings. The molecular weight excluding hydrogens is 190 g/mol. The number of ether oxygens (including phenoxy) is 1. The third-order valence-corrected chi connectivity index (χ3v) is 1.79. The monoisotopic (exact) mass is 199 g/mol. The Labute approximate surface area is 88.3 Å². The highest BCUT2D eigenvalue weighted by Gasteiger charge is 2.10. The second-order valence-corrected chi connectivity index (χ2v) is 2.77. The summed E-state index contributed by atoms with van der Waals surface area (Å²) in [5, 5.41) is 8.57. The standard InChI is InChI=1S/C12H9NO2/c1-2-9-15-12(14)11-6-4-3-5-10(11)7-8-13/h1,3-6H,7,9H2. The van der Waals surface area contributed by atoms with E-state index in [0.717, 1.165) is 0 Å². The van der Waals surface area contributed by atoms with E-state index >= 15 is 0 Å². The maximum Gasteiger partial charge on any atom is 0.339 e. The van der Waals surface area contributed by atoms with Gasteiger partial charge in [0.25, 0.3) is 0 Å². The minimum atomic E-state index is -0.487. The Kier molecular flexibility index (Phi) is 3.94. The molecule has 74 valence electrons. The second kappa shape index (κ2) is 5.47. The van der Waals surface area contributed by atoms with Crippen LogP contribution in [0.2, 0.25) is 0 Å². The van der Waals surface area contributed by atoms with Gasteiger partial charge in [-0.2, -0.15) is 5.26 Å². The summed E-state index contributed by atoms with van der Waals surface area (Å²) in [6.45, 7) is -0.0558. The molecule has 15 heavy (non-hydrogen) atoms. The van der Waals surface area contributed by atoms with Crippen molar-refractivity contribution in [3.8, 4) is 18.4 Å². The third kappa shape index (κ3) is 2.86. The highest BCUT2D eigenvalue weighted by molar-refractivity contribution is 5.91. The molecule has 0 unspecified atom stereocenters. The molecule has 0 N–H and O–H groups in total. The van der Waals surface area contributed by atoms with Gasteiger partial charge < -0.3 is 4.74 Å². The van der Waals surface area contributed by atoms with E-state index in [9.17, 15) is 4.79 Å². The number of carbonyl (C=O) groups excluding carboxylic acids is 1. The van der Waals surface area contributed by atoms with Crippen LogP contribution in [0.5, 0.6) is 0 Å². The van der Waals surface area contributed by atoms with Crippen LogP contribution in [-0.4, -0.2) is 12.6 Å². The van der Waals surface area contributed by atoms with Crippen molar-refractivity contribution in [2.75, 3.05) is 6.61 Å². The van der Waals surface area contributed by atoms with Crippen molar-refractivity contribution in [3.63, 3.8) is 0 Å². The van der Waals surface area contributed by atoms with Crippen LogP contribution in [-0.2, 0) is 11.2 Å². The summed E-state index contributed by atoms with van der Waals surface area (Å²) in [5.41, 5.74) is 1.05. The fourth-order valence-electron chi connectivity index (χ4n) is 1.14. The van der Waals surface area contributed by atoms with Crippen LogP contribution in [0.25, 0.3) is 0 Å². The minimum absolute atomic E-state index is 0.0558. The average Bonchev–Trinajstić information content (AvgIpc) is 2.27. The number of hydrogen-bond donors (Lipinski definition) is 0. The summed E-state index contributed by atoms with van der Waals surface area (Å²) in [7, 11) is 0. The number of rotatable bonds is 3. The highest BCUT2D eigenvalue weighted by Crippen LogP contribution is 2.10. The Hall–Kier alpha value is -2.26. The van der Waals surface area contributed by atoms with Gasteiger partial charge in [0.15, 0.2) is 6.61 Å². The minimum Gasteiger partial charge on any atom is -0.449 e. The van der Waals surface area contributed by atoms with Crippen molar-refractivity contribution >= 4 is 5.97 Å². The molecule has 0 aliphatic rings. The summed E-state index contributed by atoms with van der Waals surface area (Å²) >= 11 is 0. The Morgan fingerprint density at radius 1 is 1.47 bits per heavy atom. The van der Waals surface area contributed by atoms with Crippen LogP contribution in [0.3, 0.4) is 0 Å². The van der Waals surface area contributed by atoms with E-state index in [2.05, 4.69) is 5.92 Å². The summed E-state index contributed by atoms with van der Waals surface area (Å²) in [6.07, 6.45) is 5.15. The molecule has 0 bridgehead atoms. The van der Waals surface area contributed by atoms with Gasteiger partial charge in [-0.15, -0.1) is 6.42 Å². The van der Waals surface area contributed by atoms with Gasteiger partial charge in [-0.25, -0.2) is 4.79 Å². The zero-order chi connectivity index (χ0) is 11.1. The number of nitriles is 1. The number of esters is 1. The third-order valence-electron chi connectivity index (χ3n) is 1.79. The Morgan fingerprint density at radius 3 is 2.87 bits per heavy atom.